The van der Waals surface area contributed by atoms with E-state index in [0.717, 1.165) is 80.3 Å². The first kappa shape index (κ1) is 24.7. The fourth-order valence-electron chi connectivity index (χ4n) is 5.52. The summed E-state index contributed by atoms with van der Waals surface area (Å²) in [6, 6.07) is 36.2. The van der Waals surface area contributed by atoms with Crippen molar-refractivity contribution in [2.24, 2.45) is 0 Å². The van der Waals surface area contributed by atoms with Crippen LogP contribution in [0.3, 0.4) is 0 Å². The minimum atomic E-state index is 0.0170. The molecule has 0 spiro atoms. The number of ketones is 1. The molecule has 0 unspecified atom stereocenters. The Hall–Kier alpha value is -4.63. The van der Waals surface area contributed by atoms with Crippen LogP contribution >= 0.6 is 0 Å². The number of benzene rings is 5. The molecule has 6 aromatic rings. The van der Waals surface area contributed by atoms with Crippen molar-refractivity contribution in [2.75, 3.05) is 7.11 Å². The van der Waals surface area contributed by atoms with Crippen molar-refractivity contribution in [1.29, 1.82) is 0 Å². The van der Waals surface area contributed by atoms with E-state index in [1.165, 1.54) is 0 Å². The summed E-state index contributed by atoms with van der Waals surface area (Å²) in [5, 5.41) is 2.90. The lowest BCUT2D eigenvalue weighted by Gasteiger charge is -2.16. The molecule has 0 aliphatic carbocycles. The molecule has 0 aliphatic heterocycles. The van der Waals surface area contributed by atoms with E-state index >= 15 is 0 Å². The fraction of sp³-hybridized carbons (Fsp3) is 0.139. The van der Waals surface area contributed by atoms with Crippen molar-refractivity contribution in [3.8, 4) is 28.2 Å². The van der Waals surface area contributed by atoms with Crippen LogP contribution in [-0.4, -0.2) is 12.9 Å². The highest BCUT2D eigenvalue weighted by Gasteiger charge is 2.27. The number of methoxy groups -OCH3 is 1. The van der Waals surface area contributed by atoms with Crippen molar-refractivity contribution in [3.63, 3.8) is 0 Å². The molecule has 0 bridgehead atoms. The molecule has 5 aromatic carbocycles. The molecule has 0 fully saturated rings. The number of rotatable bonds is 8. The Bertz CT molecular complexity index is 1760. The van der Waals surface area contributed by atoms with Gasteiger partial charge in [-0.15, -0.1) is 0 Å². The van der Waals surface area contributed by atoms with E-state index in [1.807, 2.05) is 66.7 Å². The van der Waals surface area contributed by atoms with Crippen LogP contribution < -0.4 is 4.74 Å². The van der Waals surface area contributed by atoms with Crippen molar-refractivity contribution in [1.82, 2.24) is 0 Å². The third kappa shape index (κ3) is 4.40. The third-order valence-corrected chi connectivity index (χ3v) is 7.41. The number of aryl methyl sites for hydroxylation is 1. The summed E-state index contributed by atoms with van der Waals surface area (Å²) >= 11 is 0. The van der Waals surface area contributed by atoms with E-state index in [2.05, 4.69) is 49.4 Å². The van der Waals surface area contributed by atoms with Gasteiger partial charge in [-0.1, -0.05) is 98.3 Å². The van der Waals surface area contributed by atoms with E-state index < -0.39 is 0 Å². The lowest BCUT2D eigenvalue weighted by Crippen LogP contribution is -2.08. The van der Waals surface area contributed by atoms with Gasteiger partial charge in [0.05, 0.1) is 7.11 Å². The van der Waals surface area contributed by atoms with Gasteiger partial charge in [0.15, 0.2) is 5.78 Å². The number of hydrogen-bond donors (Lipinski definition) is 0. The molecule has 3 nitrogen and oxygen atoms in total. The number of fused-ring (bicyclic) bond motifs is 3. The van der Waals surface area contributed by atoms with Gasteiger partial charge in [0, 0.05) is 33.0 Å². The summed E-state index contributed by atoms with van der Waals surface area (Å²) in [6.07, 6.45) is 2.77. The lowest BCUT2D eigenvalue weighted by atomic mass is 9.85. The zero-order valence-corrected chi connectivity index (χ0v) is 22.2. The highest BCUT2D eigenvalue weighted by atomic mass is 16.5. The van der Waals surface area contributed by atoms with Crippen LogP contribution in [0.5, 0.6) is 5.75 Å². The van der Waals surface area contributed by atoms with Gasteiger partial charge in [-0.3, -0.25) is 4.79 Å². The molecule has 0 radical (unpaired) electrons. The molecular weight excluding hydrogens is 480 g/mol. The second-order valence-electron chi connectivity index (χ2n) is 9.80. The Labute approximate surface area is 228 Å². The van der Waals surface area contributed by atoms with Gasteiger partial charge >= 0.3 is 0 Å². The molecule has 0 saturated heterocycles. The van der Waals surface area contributed by atoms with Gasteiger partial charge in [0.25, 0.3) is 0 Å². The second kappa shape index (κ2) is 10.6. The van der Waals surface area contributed by atoms with E-state index in [9.17, 15) is 4.79 Å². The first-order chi connectivity index (χ1) is 19.2. The minimum absolute atomic E-state index is 0.0170. The number of hydrogen-bond acceptors (Lipinski definition) is 3. The summed E-state index contributed by atoms with van der Waals surface area (Å²) in [5.41, 5.74) is 6.42. The molecule has 192 valence electrons. The van der Waals surface area contributed by atoms with Crippen LogP contribution in [0.2, 0.25) is 0 Å². The highest BCUT2D eigenvalue weighted by molar-refractivity contribution is 6.25. The maximum Gasteiger partial charge on any atom is 0.193 e. The average molecular weight is 511 g/mol. The van der Waals surface area contributed by atoms with Crippen LogP contribution in [0, 0.1) is 0 Å². The predicted octanol–water partition coefficient (Wildman–Crippen LogP) is 9.50. The summed E-state index contributed by atoms with van der Waals surface area (Å²) < 4.78 is 12.2. The predicted molar refractivity (Wildman–Crippen MR) is 160 cm³/mol. The molecule has 1 heterocycles. The van der Waals surface area contributed by atoms with Gasteiger partial charge in [0.1, 0.15) is 17.1 Å². The zero-order chi connectivity index (χ0) is 26.8. The molecule has 0 amide bonds. The number of furan rings is 1. The number of carbonyl (C=O) groups excluding carboxylic acids is 1. The Kier molecular flexibility index (Phi) is 6.73. The van der Waals surface area contributed by atoms with Crippen LogP contribution in [0.15, 0.2) is 114 Å². The van der Waals surface area contributed by atoms with Crippen molar-refractivity contribution < 1.29 is 13.9 Å². The second-order valence-corrected chi connectivity index (χ2v) is 9.80. The lowest BCUT2D eigenvalue weighted by molar-refractivity contribution is 0.103. The van der Waals surface area contributed by atoms with Gasteiger partial charge in [-0.25, -0.2) is 0 Å². The molecule has 1 aromatic heterocycles. The van der Waals surface area contributed by atoms with Crippen molar-refractivity contribution in [2.45, 2.75) is 26.2 Å². The smallest absolute Gasteiger partial charge is 0.193 e. The molecule has 0 saturated carbocycles. The van der Waals surface area contributed by atoms with Crippen LogP contribution in [0.25, 0.3) is 44.2 Å². The molecule has 6 rings (SSSR count). The first-order valence-corrected chi connectivity index (χ1v) is 13.5. The maximum atomic E-state index is 14.3. The van der Waals surface area contributed by atoms with Crippen molar-refractivity contribution >= 4 is 27.5 Å². The molecule has 0 atom stereocenters. The van der Waals surface area contributed by atoms with Gasteiger partial charge in [-0.2, -0.15) is 0 Å². The minimum Gasteiger partial charge on any atom is -0.497 e. The topological polar surface area (TPSA) is 39.4 Å². The molecule has 0 N–H and O–H groups in total. The average Bonchev–Trinajstić information content (AvgIpc) is 3.41. The quantitative estimate of drug-likeness (QED) is 0.191. The van der Waals surface area contributed by atoms with Crippen LogP contribution in [0.1, 0.15) is 41.3 Å². The van der Waals surface area contributed by atoms with Gasteiger partial charge in [-0.05, 0) is 53.6 Å². The summed E-state index contributed by atoms with van der Waals surface area (Å²) in [6.45, 7) is 2.19. The summed E-state index contributed by atoms with van der Waals surface area (Å²) in [5.74, 6) is 1.57. The van der Waals surface area contributed by atoms with E-state index in [4.69, 9.17) is 9.15 Å². The third-order valence-electron chi connectivity index (χ3n) is 7.41. The normalized spacial score (nSPS) is 11.2. The zero-order valence-electron chi connectivity index (χ0n) is 22.2. The number of unbranched alkanes of at least 4 members (excludes halogenated alkanes) is 1. The number of ether oxygens (including phenoxy) is 1. The van der Waals surface area contributed by atoms with Gasteiger partial charge < -0.3 is 9.15 Å². The molecule has 39 heavy (non-hydrogen) atoms. The monoisotopic (exact) mass is 510 g/mol. The molecule has 3 heteroatoms. The summed E-state index contributed by atoms with van der Waals surface area (Å²) in [4.78, 5) is 14.3. The van der Waals surface area contributed by atoms with Crippen LogP contribution in [-0.2, 0) is 6.42 Å². The standard InChI is InChI=1S/C36H30O3/c1-3-4-17-30-32(34(37)25-20-22-27(38-2)23-21-25)28-18-11-12-19-29(28)36-33(30)31(24-13-7-5-8-14-24)35(39-36)26-15-9-6-10-16-26/h5-16,18-23H,3-4,17H2,1-2H3. The Morgan fingerprint density at radius 1 is 0.744 bits per heavy atom. The highest BCUT2D eigenvalue weighted by Crippen LogP contribution is 2.47. The van der Waals surface area contributed by atoms with E-state index in [0.29, 0.717) is 5.56 Å². The van der Waals surface area contributed by atoms with Gasteiger partial charge in [0.2, 0.25) is 0 Å². The van der Waals surface area contributed by atoms with Crippen LogP contribution in [0.4, 0.5) is 0 Å². The fourth-order valence-corrected chi connectivity index (χ4v) is 5.52. The largest absolute Gasteiger partial charge is 0.497 e. The molecule has 0 aliphatic rings. The SMILES string of the molecule is CCCCc1c(C(=O)c2ccc(OC)cc2)c2ccccc2c2oc(-c3ccccc3)c(-c3ccccc3)c12. The Morgan fingerprint density at radius 2 is 1.36 bits per heavy atom. The van der Waals surface area contributed by atoms with E-state index in [1.54, 1.807) is 7.11 Å². The Morgan fingerprint density at radius 3 is 2.00 bits per heavy atom. The van der Waals surface area contributed by atoms with E-state index in [-0.39, 0.29) is 5.78 Å². The first-order valence-electron chi connectivity index (χ1n) is 13.5. The van der Waals surface area contributed by atoms with Crippen molar-refractivity contribution in [3.05, 3.63) is 126 Å². The Balaban J connectivity index is 1.76. The maximum absolute atomic E-state index is 14.3. The molecular formula is C36H30O3. The number of carbonyl (C=O) groups is 1. The summed E-state index contributed by atoms with van der Waals surface area (Å²) in [7, 11) is 1.63.